The van der Waals surface area contributed by atoms with Gasteiger partial charge in [-0.25, -0.2) is 18.4 Å². The third-order valence-electron chi connectivity index (χ3n) is 5.12. The van der Waals surface area contributed by atoms with Crippen LogP contribution in [0.2, 0.25) is 0 Å². The van der Waals surface area contributed by atoms with Crippen molar-refractivity contribution in [2.24, 2.45) is 0 Å². The molecule has 9 heteroatoms. The highest BCUT2D eigenvalue weighted by Gasteiger charge is 2.24. The van der Waals surface area contributed by atoms with E-state index in [1.807, 2.05) is 0 Å². The fraction of sp³-hybridized carbons (Fsp3) is 0.125. The van der Waals surface area contributed by atoms with Gasteiger partial charge in [-0.1, -0.05) is 12.1 Å². The number of methoxy groups -OCH3 is 3. The molecule has 168 valence electrons. The van der Waals surface area contributed by atoms with Crippen molar-refractivity contribution in [1.82, 2.24) is 14.8 Å². The van der Waals surface area contributed by atoms with Crippen molar-refractivity contribution < 1.29 is 27.8 Å². The molecule has 0 unspecified atom stereocenters. The molecule has 1 aromatic heterocycles. The molecule has 3 aromatic carbocycles. The largest absolute Gasteiger partial charge is 0.493 e. The van der Waals surface area contributed by atoms with Gasteiger partial charge in [0.1, 0.15) is 24.3 Å². The third-order valence-corrected chi connectivity index (χ3v) is 5.12. The number of aldehydes is 1. The molecule has 33 heavy (non-hydrogen) atoms. The van der Waals surface area contributed by atoms with Gasteiger partial charge in [0.05, 0.1) is 27.0 Å². The number of rotatable bonds is 7. The summed E-state index contributed by atoms with van der Waals surface area (Å²) >= 11 is 0. The number of benzene rings is 3. The summed E-state index contributed by atoms with van der Waals surface area (Å²) in [6, 6.07) is 9.92. The molecule has 0 spiro atoms. The lowest BCUT2D eigenvalue weighted by molar-refractivity contribution is 0.112. The summed E-state index contributed by atoms with van der Waals surface area (Å²) in [5.41, 5.74) is 2.66. The van der Waals surface area contributed by atoms with E-state index in [4.69, 9.17) is 14.2 Å². The summed E-state index contributed by atoms with van der Waals surface area (Å²) in [6.07, 6.45) is 3.51. The molecule has 0 bridgehead atoms. The normalized spacial score (nSPS) is 10.7. The summed E-state index contributed by atoms with van der Waals surface area (Å²) in [6.45, 7) is 0. The zero-order chi connectivity index (χ0) is 23.5. The van der Waals surface area contributed by atoms with Crippen LogP contribution in [-0.4, -0.2) is 42.4 Å². The first-order chi connectivity index (χ1) is 16.0. The summed E-state index contributed by atoms with van der Waals surface area (Å²) in [5, 5.41) is 4.20. The SMILES string of the molecule is COc1cc(C=O)c(-c2ccc(-c3cc(F)cc(F)c3)cc2-n2cncn2)c(OC)c1OC. The number of carbonyl (C=O) groups is 1. The molecule has 0 aliphatic carbocycles. The lowest BCUT2D eigenvalue weighted by Gasteiger charge is -2.20. The number of hydrogen-bond acceptors (Lipinski definition) is 6. The molecule has 0 radical (unpaired) electrons. The maximum atomic E-state index is 13.8. The molecule has 0 atom stereocenters. The minimum absolute atomic E-state index is 0.282. The minimum atomic E-state index is -0.693. The average Bonchev–Trinajstić information content (AvgIpc) is 3.36. The van der Waals surface area contributed by atoms with Gasteiger partial charge in [-0.15, -0.1) is 0 Å². The molecule has 0 aliphatic rings. The highest BCUT2D eigenvalue weighted by molar-refractivity contribution is 5.96. The standard InChI is InChI=1S/C24H19F2N3O4/c1-31-21-9-16(11-30)22(24(33-3)23(21)32-2)19-5-4-14(8-20(19)29-13-27-12-28-29)15-6-17(25)10-18(26)7-15/h4-13H,1-3H3. The van der Waals surface area contributed by atoms with E-state index < -0.39 is 11.6 Å². The highest BCUT2D eigenvalue weighted by atomic mass is 19.1. The molecule has 7 nitrogen and oxygen atoms in total. The number of hydrogen-bond donors (Lipinski definition) is 0. The Hall–Kier alpha value is -4.27. The molecule has 0 aliphatic heterocycles. The van der Waals surface area contributed by atoms with E-state index in [9.17, 15) is 13.6 Å². The van der Waals surface area contributed by atoms with Crippen LogP contribution in [0.3, 0.4) is 0 Å². The molecule has 0 amide bonds. The first-order valence-electron chi connectivity index (χ1n) is 9.74. The van der Waals surface area contributed by atoms with Gasteiger partial charge in [0.25, 0.3) is 0 Å². The van der Waals surface area contributed by atoms with Crippen molar-refractivity contribution in [3.05, 3.63) is 72.3 Å². The Morgan fingerprint density at radius 3 is 2.18 bits per heavy atom. The van der Waals surface area contributed by atoms with Crippen LogP contribution in [0.1, 0.15) is 10.4 Å². The van der Waals surface area contributed by atoms with E-state index in [1.165, 1.54) is 50.8 Å². The summed E-state index contributed by atoms with van der Waals surface area (Å²) in [5.74, 6) is -0.469. The first-order valence-corrected chi connectivity index (χ1v) is 9.74. The Kier molecular flexibility index (Phi) is 6.03. The van der Waals surface area contributed by atoms with Crippen LogP contribution in [0.4, 0.5) is 8.78 Å². The van der Waals surface area contributed by atoms with Crippen LogP contribution >= 0.6 is 0 Å². The lowest BCUT2D eigenvalue weighted by atomic mass is 9.93. The molecule has 0 fully saturated rings. The predicted molar refractivity (Wildman–Crippen MR) is 117 cm³/mol. The van der Waals surface area contributed by atoms with Gasteiger partial charge in [0.2, 0.25) is 5.75 Å². The lowest BCUT2D eigenvalue weighted by Crippen LogP contribution is -2.04. The Bertz CT molecular complexity index is 1300. The topological polar surface area (TPSA) is 75.5 Å². The maximum Gasteiger partial charge on any atom is 0.203 e. The van der Waals surface area contributed by atoms with Crippen LogP contribution in [0.5, 0.6) is 17.2 Å². The Labute approximate surface area is 188 Å². The van der Waals surface area contributed by atoms with Gasteiger partial charge < -0.3 is 14.2 Å². The van der Waals surface area contributed by atoms with Crippen molar-refractivity contribution >= 4 is 6.29 Å². The van der Waals surface area contributed by atoms with E-state index >= 15 is 0 Å². The van der Waals surface area contributed by atoms with Gasteiger partial charge >= 0.3 is 0 Å². The number of carbonyl (C=O) groups excluding carboxylic acids is 1. The van der Waals surface area contributed by atoms with Crippen LogP contribution < -0.4 is 14.2 Å². The van der Waals surface area contributed by atoms with Crippen LogP contribution in [0, 0.1) is 11.6 Å². The smallest absolute Gasteiger partial charge is 0.203 e. The number of ether oxygens (including phenoxy) is 3. The molecular formula is C24H19F2N3O4. The fourth-order valence-corrected chi connectivity index (χ4v) is 3.71. The third kappa shape index (κ3) is 4.00. The van der Waals surface area contributed by atoms with Gasteiger partial charge in [-0.05, 0) is 35.4 Å². The van der Waals surface area contributed by atoms with Gasteiger partial charge in [0, 0.05) is 22.8 Å². The van der Waals surface area contributed by atoms with Crippen LogP contribution in [-0.2, 0) is 0 Å². The van der Waals surface area contributed by atoms with E-state index in [0.717, 1.165) is 6.07 Å². The van der Waals surface area contributed by atoms with Gasteiger partial charge in [-0.3, -0.25) is 4.79 Å². The number of halogens is 2. The molecular weight excluding hydrogens is 432 g/mol. The second-order valence-electron chi connectivity index (χ2n) is 6.96. The quantitative estimate of drug-likeness (QED) is 0.379. The minimum Gasteiger partial charge on any atom is -0.493 e. The number of nitrogens with zero attached hydrogens (tertiary/aromatic N) is 3. The maximum absolute atomic E-state index is 13.8. The zero-order valence-corrected chi connectivity index (χ0v) is 18.0. The second kappa shape index (κ2) is 9.07. The summed E-state index contributed by atoms with van der Waals surface area (Å²) < 4.78 is 45.6. The van der Waals surface area contributed by atoms with Gasteiger partial charge in [0.15, 0.2) is 17.8 Å². The molecule has 4 aromatic rings. The summed E-state index contributed by atoms with van der Waals surface area (Å²) in [4.78, 5) is 16.0. The van der Waals surface area contributed by atoms with Crippen molar-refractivity contribution in [2.45, 2.75) is 0 Å². The predicted octanol–water partition coefficient (Wildman–Crippen LogP) is 4.72. The molecule has 0 saturated carbocycles. The van der Waals surface area contributed by atoms with Crippen molar-refractivity contribution in [2.75, 3.05) is 21.3 Å². The average molecular weight is 451 g/mol. The highest BCUT2D eigenvalue weighted by Crippen LogP contribution is 2.48. The Morgan fingerprint density at radius 1 is 0.879 bits per heavy atom. The van der Waals surface area contributed by atoms with E-state index in [1.54, 1.807) is 24.3 Å². The van der Waals surface area contributed by atoms with E-state index in [0.29, 0.717) is 45.7 Å². The monoisotopic (exact) mass is 451 g/mol. The molecule has 0 N–H and O–H groups in total. The fourth-order valence-electron chi connectivity index (χ4n) is 3.71. The zero-order valence-electron chi connectivity index (χ0n) is 18.0. The van der Waals surface area contributed by atoms with E-state index in [-0.39, 0.29) is 11.3 Å². The molecule has 1 heterocycles. The van der Waals surface area contributed by atoms with Crippen molar-refractivity contribution in [3.63, 3.8) is 0 Å². The van der Waals surface area contributed by atoms with Crippen molar-refractivity contribution in [1.29, 1.82) is 0 Å². The Morgan fingerprint density at radius 2 is 1.61 bits per heavy atom. The van der Waals surface area contributed by atoms with Gasteiger partial charge in [-0.2, -0.15) is 5.10 Å². The molecule has 0 saturated heterocycles. The van der Waals surface area contributed by atoms with Crippen LogP contribution in [0.25, 0.3) is 27.9 Å². The second-order valence-corrected chi connectivity index (χ2v) is 6.96. The summed E-state index contributed by atoms with van der Waals surface area (Å²) in [7, 11) is 4.37. The van der Waals surface area contributed by atoms with Crippen molar-refractivity contribution in [3.8, 4) is 45.2 Å². The van der Waals surface area contributed by atoms with Crippen LogP contribution in [0.15, 0.2) is 55.1 Å². The Balaban J connectivity index is 2.04. The molecule has 4 rings (SSSR count). The number of aromatic nitrogens is 3. The first kappa shape index (κ1) is 21.9. The van der Waals surface area contributed by atoms with E-state index in [2.05, 4.69) is 10.1 Å².